The van der Waals surface area contributed by atoms with E-state index in [2.05, 4.69) is 9.88 Å². The van der Waals surface area contributed by atoms with Gasteiger partial charge in [-0.15, -0.1) is 11.3 Å². The highest BCUT2D eigenvalue weighted by Crippen LogP contribution is 2.19. The van der Waals surface area contributed by atoms with Crippen LogP contribution < -0.4 is 4.90 Å². The third kappa shape index (κ3) is 3.57. The highest BCUT2D eigenvalue weighted by molar-refractivity contribution is 7.13. The van der Waals surface area contributed by atoms with Crippen LogP contribution in [0.1, 0.15) is 12.0 Å². The van der Waals surface area contributed by atoms with Crippen LogP contribution in [0.3, 0.4) is 0 Å². The van der Waals surface area contributed by atoms with Crippen molar-refractivity contribution in [3.05, 3.63) is 41.4 Å². The first-order valence-corrected chi connectivity index (χ1v) is 8.30. The van der Waals surface area contributed by atoms with Gasteiger partial charge in [-0.3, -0.25) is 4.79 Å². The van der Waals surface area contributed by atoms with E-state index in [4.69, 9.17) is 0 Å². The molecule has 3 rings (SSSR count). The first-order chi connectivity index (χ1) is 10.7. The van der Waals surface area contributed by atoms with Crippen LogP contribution in [0.15, 0.2) is 35.8 Å². The second-order valence-corrected chi connectivity index (χ2v) is 6.23. The van der Waals surface area contributed by atoms with Crippen molar-refractivity contribution in [2.75, 3.05) is 31.1 Å². The standard InChI is InChI=1S/C16H19N3O2S/c20-14-3-1-2-13(12-14)4-5-15(21)18-7-9-19(10-8-18)16-17-6-11-22-16/h1-3,6,11-12,20H,4-5,7-10H2. The lowest BCUT2D eigenvalue weighted by atomic mass is 10.1. The van der Waals surface area contributed by atoms with Crippen molar-refractivity contribution in [1.29, 1.82) is 0 Å². The minimum absolute atomic E-state index is 0.183. The van der Waals surface area contributed by atoms with Crippen molar-refractivity contribution >= 4 is 22.4 Å². The number of anilines is 1. The number of carbonyl (C=O) groups excluding carboxylic acids is 1. The molecule has 1 aromatic carbocycles. The van der Waals surface area contributed by atoms with Crippen LogP contribution in [0.2, 0.25) is 0 Å². The number of amides is 1. The Labute approximate surface area is 133 Å². The molecule has 0 atom stereocenters. The van der Waals surface area contributed by atoms with Crippen LogP contribution in [-0.4, -0.2) is 47.1 Å². The first kappa shape index (κ1) is 14.8. The monoisotopic (exact) mass is 317 g/mol. The normalized spacial score (nSPS) is 15.1. The number of aromatic nitrogens is 1. The van der Waals surface area contributed by atoms with E-state index in [0.717, 1.165) is 36.9 Å². The predicted octanol–water partition coefficient (Wildman–Crippen LogP) is 2.13. The summed E-state index contributed by atoms with van der Waals surface area (Å²) in [5, 5.41) is 12.4. The molecule has 1 aliphatic rings. The fourth-order valence-electron chi connectivity index (χ4n) is 2.64. The van der Waals surface area contributed by atoms with Crippen molar-refractivity contribution in [3.63, 3.8) is 0 Å². The van der Waals surface area contributed by atoms with Gasteiger partial charge >= 0.3 is 0 Å². The van der Waals surface area contributed by atoms with Gasteiger partial charge in [-0.25, -0.2) is 4.98 Å². The maximum absolute atomic E-state index is 12.3. The number of hydrogen-bond acceptors (Lipinski definition) is 5. The average molecular weight is 317 g/mol. The van der Waals surface area contributed by atoms with E-state index < -0.39 is 0 Å². The number of phenols is 1. The Morgan fingerprint density at radius 3 is 2.77 bits per heavy atom. The number of phenolic OH excluding ortho intramolecular Hbond substituents is 1. The highest BCUT2D eigenvalue weighted by atomic mass is 32.1. The second-order valence-electron chi connectivity index (χ2n) is 5.35. The predicted molar refractivity (Wildman–Crippen MR) is 87.3 cm³/mol. The Hall–Kier alpha value is -2.08. The van der Waals surface area contributed by atoms with Gasteiger partial charge in [0.1, 0.15) is 5.75 Å². The minimum atomic E-state index is 0.183. The lowest BCUT2D eigenvalue weighted by Crippen LogP contribution is -2.48. The van der Waals surface area contributed by atoms with Gasteiger partial charge in [0.15, 0.2) is 5.13 Å². The zero-order valence-corrected chi connectivity index (χ0v) is 13.1. The summed E-state index contributed by atoms with van der Waals surface area (Å²) in [6.07, 6.45) is 2.97. The fraction of sp³-hybridized carbons (Fsp3) is 0.375. The largest absolute Gasteiger partial charge is 0.508 e. The van der Waals surface area contributed by atoms with Gasteiger partial charge in [-0.05, 0) is 24.1 Å². The summed E-state index contributed by atoms with van der Waals surface area (Å²) in [4.78, 5) is 20.7. The lowest BCUT2D eigenvalue weighted by molar-refractivity contribution is -0.131. The molecule has 0 unspecified atom stereocenters. The molecule has 1 saturated heterocycles. The molecule has 1 aliphatic heterocycles. The number of nitrogens with zero attached hydrogens (tertiary/aromatic N) is 3. The number of aromatic hydroxyl groups is 1. The van der Waals surface area contributed by atoms with Gasteiger partial charge in [0.2, 0.25) is 5.91 Å². The van der Waals surface area contributed by atoms with Gasteiger partial charge in [0, 0.05) is 44.2 Å². The molecule has 2 aromatic rings. The molecule has 116 valence electrons. The zero-order valence-electron chi connectivity index (χ0n) is 12.3. The Balaban J connectivity index is 1.48. The molecular formula is C16H19N3O2S. The van der Waals surface area contributed by atoms with Gasteiger partial charge < -0.3 is 14.9 Å². The minimum Gasteiger partial charge on any atom is -0.508 e. The van der Waals surface area contributed by atoms with E-state index in [9.17, 15) is 9.90 Å². The average Bonchev–Trinajstić information content (AvgIpc) is 3.07. The zero-order chi connectivity index (χ0) is 15.4. The number of thiazole rings is 1. The van der Waals surface area contributed by atoms with Crippen LogP contribution in [0.4, 0.5) is 5.13 Å². The summed E-state index contributed by atoms with van der Waals surface area (Å²) in [7, 11) is 0. The molecule has 0 radical (unpaired) electrons. The van der Waals surface area contributed by atoms with Crippen molar-refractivity contribution in [1.82, 2.24) is 9.88 Å². The molecule has 2 heterocycles. The molecule has 0 spiro atoms. The Morgan fingerprint density at radius 1 is 1.27 bits per heavy atom. The van der Waals surface area contributed by atoms with E-state index in [1.54, 1.807) is 23.5 Å². The molecular weight excluding hydrogens is 298 g/mol. The third-order valence-corrected chi connectivity index (χ3v) is 4.69. The van der Waals surface area contributed by atoms with E-state index >= 15 is 0 Å². The SMILES string of the molecule is O=C(CCc1cccc(O)c1)N1CCN(c2nccs2)CC1. The van der Waals surface area contributed by atoms with Crippen LogP contribution in [0.5, 0.6) is 5.75 Å². The summed E-state index contributed by atoms with van der Waals surface area (Å²) in [5.41, 5.74) is 0.995. The molecule has 0 bridgehead atoms. The molecule has 1 amide bonds. The van der Waals surface area contributed by atoms with Crippen molar-refractivity contribution < 1.29 is 9.90 Å². The van der Waals surface area contributed by atoms with Gasteiger partial charge in [0.05, 0.1) is 0 Å². The molecule has 22 heavy (non-hydrogen) atoms. The van der Waals surface area contributed by atoms with Crippen molar-refractivity contribution in [2.45, 2.75) is 12.8 Å². The van der Waals surface area contributed by atoms with Crippen LogP contribution in [-0.2, 0) is 11.2 Å². The van der Waals surface area contributed by atoms with Crippen LogP contribution in [0.25, 0.3) is 0 Å². The molecule has 0 saturated carbocycles. The summed E-state index contributed by atoms with van der Waals surface area (Å²) < 4.78 is 0. The van der Waals surface area contributed by atoms with E-state index in [1.165, 1.54) is 0 Å². The van der Waals surface area contributed by atoms with Gasteiger partial charge in [-0.1, -0.05) is 12.1 Å². The molecule has 6 heteroatoms. The highest BCUT2D eigenvalue weighted by Gasteiger charge is 2.21. The Bertz CT molecular complexity index is 622. The van der Waals surface area contributed by atoms with Crippen molar-refractivity contribution in [2.24, 2.45) is 0 Å². The molecule has 0 aliphatic carbocycles. The smallest absolute Gasteiger partial charge is 0.223 e. The number of benzene rings is 1. The van der Waals surface area contributed by atoms with Crippen LogP contribution in [0, 0.1) is 0 Å². The topological polar surface area (TPSA) is 56.7 Å². The summed E-state index contributed by atoms with van der Waals surface area (Å²) in [6.45, 7) is 3.17. The van der Waals surface area contributed by atoms with E-state index in [0.29, 0.717) is 12.8 Å². The lowest BCUT2D eigenvalue weighted by Gasteiger charge is -2.34. The number of carbonyl (C=O) groups is 1. The van der Waals surface area contributed by atoms with Crippen molar-refractivity contribution in [3.8, 4) is 5.75 Å². The maximum Gasteiger partial charge on any atom is 0.223 e. The van der Waals surface area contributed by atoms with E-state index in [-0.39, 0.29) is 11.7 Å². The number of piperazine rings is 1. The van der Waals surface area contributed by atoms with Gasteiger partial charge in [-0.2, -0.15) is 0 Å². The summed E-state index contributed by atoms with van der Waals surface area (Å²) >= 11 is 1.64. The molecule has 1 N–H and O–H groups in total. The molecule has 5 nitrogen and oxygen atoms in total. The summed E-state index contributed by atoms with van der Waals surface area (Å²) in [5.74, 6) is 0.434. The fourth-order valence-corrected chi connectivity index (χ4v) is 3.34. The third-order valence-electron chi connectivity index (χ3n) is 3.86. The second kappa shape index (κ2) is 6.79. The summed E-state index contributed by atoms with van der Waals surface area (Å²) in [6, 6.07) is 7.10. The number of aryl methyl sites for hydroxylation is 1. The van der Waals surface area contributed by atoms with Gasteiger partial charge in [0.25, 0.3) is 0 Å². The van der Waals surface area contributed by atoms with E-state index in [1.807, 2.05) is 28.6 Å². The molecule has 1 fully saturated rings. The Kier molecular flexibility index (Phi) is 4.58. The first-order valence-electron chi connectivity index (χ1n) is 7.42. The number of rotatable bonds is 4. The number of hydrogen-bond donors (Lipinski definition) is 1. The quantitative estimate of drug-likeness (QED) is 0.938. The maximum atomic E-state index is 12.3. The Morgan fingerprint density at radius 2 is 2.09 bits per heavy atom. The van der Waals surface area contributed by atoms with Crippen LogP contribution >= 0.6 is 11.3 Å². The molecule has 1 aromatic heterocycles.